The van der Waals surface area contributed by atoms with Crippen molar-refractivity contribution in [2.75, 3.05) is 34.3 Å². The summed E-state index contributed by atoms with van der Waals surface area (Å²) < 4.78 is 10.5. The molecule has 0 saturated carbocycles. The molecule has 0 radical (unpaired) electrons. The summed E-state index contributed by atoms with van der Waals surface area (Å²) in [7, 11) is 5.53. The van der Waals surface area contributed by atoms with Gasteiger partial charge in [0, 0.05) is 18.0 Å². The SMILES string of the molecule is COc1ccc2c(C)c(CC(=O)NCCCN(C)C)c(=O)oc2c1. The predicted molar refractivity (Wildman–Crippen MR) is 93.7 cm³/mol. The first-order valence-corrected chi connectivity index (χ1v) is 7.94. The summed E-state index contributed by atoms with van der Waals surface area (Å²) in [6.07, 6.45) is 0.891. The lowest BCUT2D eigenvalue weighted by atomic mass is 10.0. The number of nitrogens with one attached hydrogen (secondary N) is 1. The molecule has 6 nitrogen and oxygen atoms in total. The Balaban J connectivity index is 2.14. The first-order valence-electron chi connectivity index (χ1n) is 7.94. The lowest BCUT2D eigenvalue weighted by molar-refractivity contribution is -0.120. The van der Waals surface area contributed by atoms with E-state index in [1.807, 2.05) is 27.1 Å². The summed E-state index contributed by atoms with van der Waals surface area (Å²) in [6.45, 7) is 3.33. The molecule has 24 heavy (non-hydrogen) atoms. The first-order chi connectivity index (χ1) is 11.4. The third kappa shape index (κ3) is 4.35. The molecule has 0 fully saturated rings. The predicted octanol–water partition coefficient (Wildman–Crippen LogP) is 1.72. The highest BCUT2D eigenvalue weighted by molar-refractivity contribution is 5.85. The molecule has 0 bridgehead atoms. The molecule has 0 aliphatic heterocycles. The monoisotopic (exact) mass is 332 g/mol. The van der Waals surface area contributed by atoms with E-state index < -0.39 is 5.63 Å². The lowest BCUT2D eigenvalue weighted by Gasteiger charge is -2.11. The number of carbonyl (C=O) groups excluding carboxylic acids is 1. The molecule has 2 aromatic rings. The first kappa shape index (κ1) is 18.0. The van der Waals surface area contributed by atoms with Crippen LogP contribution in [0.5, 0.6) is 5.75 Å². The van der Waals surface area contributed by atoms with E-state index in [-0.39, 0.29) is 12.3 Å². The Morgan fingerprint density at radius 2 is 2.08 bits per heavy atom. The van der Waals surface area contributed by atoms with Crippen molar-refractivity contribution < 1.29 is 13.9 Å². The molecule has 0 atom stereocenters. The van der Waals surface area contributed by atoms with Gasteiger partial charge in [0.25, 0.3) is 0 Å². The van der Waals surface area contributed by atoms with Gasteiger partial charge in [0.2, 0.25) is 5.91 Å². The van der Waals surface area contributed by atoms with Crippen LogP contribution in [0, 0.1) is 6.92 Å². The molecule has 2 rings (SSSR count). The van der Waals surface area contributed by atoms with Crippen molar-refractivity contribution in [3.63, 3.8) is 0 Å². The average molecular weight is 332 g/mol. The zero-order chi connectivity index (χ0) is 17.7. The number of methoxy groups -OCH3 is 1. The number of ether oxygens (including phenoxy) is 1. The number of fused-ring (bicyclic) bond motifs is 1. The zero-order valence-electron chi connectivity index (χ0n) is 14.6. The van der Waals surface area contributed by atoms with Crippen LogP contribution in [0.1, 0.15) is 17.5 Å². The van der Waals surface area contributed by atoms with Crippen molar-refractivity contribution in [2.24, 2.45) is 0 Å². The van der Waals surface area contributed by atoms with Crippen molar-refractivity contribution in [1.29, 1.82) is 0 Å². The molecule has 1 aromatic heterocycles. The van der Waals surface area contributed by atoms with E-state index in [0.717, 1.165) is 23.9 Å². The molecule has 1 heterocycles. The lowest BCUT2D eigenvalue weighted by Crippen LogP contribution is -2.30. The Bertz CT molecular complexity index is 780. The molecule has 0 aliphatic carbocycles. The maximum absolute atomic E-state index is 12.2. The van der Waals surface area contributed by atoms with E-state index in [0.29, 0.717) is 23.4 Å². The van der Waals surface area contributed by atoms with E-state index in [1.165, 1.54) is 0 Å². The van der Waals surface area contributed by atoms with Crippen LogP contribution in [0.4, 0.5) is 0 Å². The number of benzene rings is 1. The van der Waals surface area contributed by atoms with E-state index in [2.05, 4.69) is 10.2 Å². The molecule has 1 N–H and O–H groups in total. The van der Waals surface area contributed by atoms with Crippen LogP contribution in [0.15, 0.2) is 27.4 Å². The van der Waals surface area contributed by atoms with Gasteiger partial charge >= 0.3 is 5.63 Å². The summed E-state index contributed by atoms with van der Waals surface area (Å²) in [5.41, 5.74) is 1.16. The molecule has 6 heteroatoms. The van der Waals surface area contributed by atoms with Crippen molar-refractivity contribution in [3.8, 4) is 5.75 Å². The maximum atomic E-state index is 12.2. The van der Waals surface area contributed by atoms with Gasteiger partial charge in [-0.05, 0) is 51.7 Å². The van der Waals surface area contributed by atoms with Gasteiger partial charge in [0.05, 0.1) is 19.1 Å². The number of amides is 1. The van der Waals surface area contributed by atoms with Gasteiger partial charge in [0.15, 0.2) is 0 Å². The Kier molecular flexibility index (Phi) is 5.98. The maximum Gasteiger partial charge on any atom is 0.340 e. The molecule has 0 spiro atoms. The second-order valence-electron chi connectivity index (χ2n) is 6.04. The van der Waals surface area contributed by atoms with E-state index in [9.17, 15) is 9.59 Å². The number of rotatable bonds is 7. The van der Waals surface area contributed by atoms with Gasteiger partial charge < -0.3 is 19.4 Å². The van der Waals surface area contributed by atoms with Gasteiger partial charge in [-0.15, -0.1) is 0 Å². The molecule has 1 amide bonds. The van der Waals surface area contributed by atoms with E-state index >= 15 is 0 Å². The molecule has 0 saturated heterocycles. The average Bonchev–Trinajstić information content (AvgIpc) is 2.54. The summed E-state index contributed by atoms with van der Waals surface area (Å²) in [4.78, 5) is 26.3. The van der Waals surface area contributed by atoms with Crippen molar-refractivity contribution in [2.45, 2.75) is 19.8 Å². The molecule has 0 unspecified atom stereocenters. The van der Waals surface area contributed by atoms with Crippen LogP contribution in [0.25, 0.3) is 11.0 Å². The smallest absolute Gasteiger partial charge is 0.340 e. The highest BCUT2D eigenvalue weighted by Crippen LogP contribution is 2.24. The second-order valence-corrected chi connectivity index (χ2v) is 6.04. The normalized spacial score (nSPS) is 11.0. The van der Waals surface area contributed by atoms with Crippen LogP contribution in [-0.2, 0) is 11.2 Å². The topological polar surface area (TPSA) is 71.8 Å². The fourth-order valence-corrected chi connectivity index (χ4v) is 2.55. The molecule has 0 aliphatic rings. The van der Waals surface area contributed by atoms with Gasteiger partial charge in [0.1, 0.15) is 11.3 Å². The standard InChI is InChI=1S/C18H24N2O4/c1-12-14-7-6-13(23-4)10-16(14)24-18(22)15(12)11-17(21)19-8-5-9-20(2)3/h6-7,10H,5,8-9,11H2,1-4H3,(H,19,21). The minimum absolute atomic E-state index is 0.0259. The summed E-state index contributed by atoms with van der Waals surface area (Å²) in [6, 6.07) is 5.32. The molecule has 130 valence electrons. The van der Waals surface area contributed by atoms with Crippen molar-refractivity contribution in [3.05, 3.63) is 39.7 Å². The van der Waals surface area contributed by atoms with Gasteiger partial charge in [-0.3, -0.25) is 4.79 Å². The van der Waals surface area contributed by atoms with E-state index in [4.69, 9.17) is 9.15 Å². The quantitative estimate of drug-likeness (QED) is 0.617. The molecule has 1 aromatic carbocycles. The summed E-state index contributed by atoms with van der Waals surface area (Å²) in [5.74, 6) is 0.452. The Morgan fingerprint density at radius 1 is 1.33 bits per heavy atom. The van der Waals surface area contributed by atoms with E-state index in [1.54, 1.807) is 19.2 Å². The van der Waals surface area contributed by atoms with Crippen LogP contribution >= 0.6 is 0 Å². The minimum atomic E-state index is -0.475. The zero-order valence-corrected chi connectivity index (χ0v) is 14.6. The summed E-state index contributed by atoms with van der Waals surface area (Å²) >= 11 is 0. The van der Waals surface area contributed by atoms with Gasteiger partial charge in [-0.25, -0.2) is 4.79 Å². The number of nitrogens with zero attached hydrogens (tertiary/aromatic N) is 1. The fraction of sp³-hybridized carbons (Fsp3) is 0.444. The highest BCUT2D eigenvalue weighted by atomic mass is 16.5. The van der Waals surface area contributed by atoms with Gasteiger partial charge in [-0.2, -0.15) is 0 Å². The minimum Gasteiger partial charge on any atom is -0.497 e. The second kappa shape index (κ2) is 7.97. The van der Waals surface area contributed by atoms with Crippen molar-refractivity contribution in [1.82, 2.24) is 10.2 Å². The Labute approximate surface area is 141 Å². The number of aryl methyl sites for hydroxylation is 1. The number of hydrogen-bond acceptors (Lipinski definition) is 5. The number of hydrogen-bond donors (Lipinski definition) is 1. The molecular formula is C18H24N2O4. The van der Waals surface area contributed by atoms with Gasteiger partial charge in [-0.1, -0.05) is 0 Å². The van der Waals surface area contributed by atoms with Crippen LogP contribution < -0.4 is 15.7 Å². The third-order valence-electron chi connectivity index (χ3n) is 3.94. The number of carbonyl (C=O) groups is 1. The fourth-order valence-electron chi connectivity index (χ4n) is 2.55. The Hall–Kier alpha value is -2.34. The summed E-state index contributed by atoms with van der Waals surface area (Å²) in [5, 5.41) is 3.65. The molecular weight excluding hydrogens is 308 g/mol. The Morgan fingerprint density at radius 3 is 2.75 bits per heavy atom. The highest BCUT2D eigenvalue weighted by Gasteiger charge is 2.15. The third-order valence-corrected chi connectivity index (χ3v) is 3.94. The van der Waals surface area contributed by atoms with Crippen molar-refractivity contribution >= 4 is 16.9 Å². The van der Waals surface area contributed by atoms with Crippen LogP contribution in [0.3, 0.4) is 0 Å². The van der Waals surface area contributed by atoms with Crippen LogP contribution in [0.2, 0.25) is 0 Å². The van der Waals surface area contributed by atoms with Crippen LogP contribution in [-0.4, -0.2) is 45.1 Å². The largest absolute Gasteiger partial charge is 0.497 e.